The summed E-state index contributed by atoms with van der Waals surface area (Å²) in [6.07, 6.45) is 3.61. The Balaban J connectivity index is 2.46. The fraction of sp³-hybridized carbons (Fsp3) is 0.333. The van der Waals surface area contributed by atoms with Crippen LogP contribution in [0.25, 0.3) is 5.53 Å². The Bertz CT molecular complexity index is 495. The van der Waals surface area contributed by atoms with Gasteiger partial charge in [-0.25, -0.2) is 14.2 Å². The molecule has 1 heterocycles. The second-order valence-electron chi connectivity index (χ2n) is 3.42. The van der Waals surface area contributed by atoms with Gasteiger partial charge in [0.1, 0.15) is 0 Å². The first-order chi connectivity index (χ1) is 9.19. The molecule has 0 fully saturated rings. The molecular weight excluding hydrogens is 250 g/mol. The van der Waals surface area contributed by atoms with Gasteiger partial charge >= 0.3 is 17.7 Å². The molecule has 7 nitrogen and oxygen atoms in total. The van der Waals surface area contributed by atoms with Crippen molar-refractivity contribution in [2.45, 2.75) is 13.5 Å². The second kappa shape index (κ2) is 7.73. The summed E-state index contributed by atoms with van der Waals surface area (Å²) >= 11 is 0. The molecule has 0 aromatic carbocycles. The van der Waals surface area contributed by atoms with Crippen LogP contribution in [0.2, 0.25) is 0 Å². The quantitative estimate of drug-likeness (QED) is 0.177. The third-order valence-corrected chi connectivity index (χ3v) is 2.12. The molecule has 100 valence electrons. The lowest BCUT2D eigenvalue weighted by molar-refractivity contribution is -0.697. The maximum absolute atomic E-state index is 11.5. The summed E-state index contributed by atoms with van der Waals surface area (Å²) in [5.74, 6) is -2.03. The molecule has 0 aliphatic carbocycles. The summed E-state index contributed by atoms with van der Waals surface area (Å²) in [6, 6.07) is 5.53. The zero-order valence-corrected chi connectivity index (χ0v) is 10.5. The molecule has 0 radical (unpaired) electrons. The van der Waals surface area contributed by atoms with Gasteiger partial charge in [-0.15, -0.1) is 0 Å². The molecule has 0 saturated heterocycles. The number of nitrogens with zero attached hydrogens (tertiary/aromatic N) is 3. The standard InChI is InChI=1S/C12H14N3O4/c1-2-18-11(16)10(14-13)12(17)19-9-8-15-6-4-3-5-7-15/h3-7H,2,8-9H2,1H3/q+1. The van der Waals surface area contributed by atoms with Crippen molar-refractivity contribution in [2.75, 3.05) is 13.2 Å². The summed E-state index contributed by atoms with van der Waals surface area (Å²) in [6.45, 7) is 2.12. The van der Waals surface area contributed by atoms with E-state index in [-0.39, 0.29) is 13.2 Å². The van der Waals surface area contributed by atoms with Gasteiger partial charge in [-0.05, 0) is 6.92 Å². The summed E-state index contributed by atoms with van der Waals surface area (Å²) in [4.78, 5) is 25.3. The number of hydrogen-bond donors (Lipinski definition) is 0. The van der Waals surface area contributed by atoms with E-state index in [1.807, 2.05) is 18.2 Å². The molecule has 0 aliphatic heterocycles. The van der Waals surface area contributed by atoms with Crippen molar-refractivity contribution in [1.82, 2.24) is 0 Å². The summed E-state index contributed by atoms with van der Waals surface area (Å²) in [5.41, 5.74) is 7.83. The lowest BCUT2D eigenvalue weighted by atomic mass is 10.4. The molecule has 1 aromatic rings. The van der Waals surface area contributed by atoms with Gasteiger partial charge < -0.3 is 15.0 Å². The number of carbonyl (C=O) groups is 2. The first-order valence-corrected chi connectivity index (χ1v) is 5.69. The molecule has 0 N–H and O–H groups in total. The number of pyridine rings is 1. The van der Waals surface area contributed by atoms with Gasteiger partial charge in [0.15, 0.2) is 25.5 Å². The Morgan fingerprint density at radius 3 is 2.37 bits per heavy atom. The molecule has 19 heavy (non-hydrogen) atoms. The fourth-order valence-electron chi connectivity index (χ4n) is 1.26. The van der Waals surface area contributed by atoms with Crippen LogP contribution in [-0.4, -0.2) is 35.7 Å². The zero-order valence-electron chi connectivity index (χ0n) is 10.5. The summed E-state index contributed by atoms with van der Waals surface area (Å²) in [5, 5.41) is 0. The van der Waals surface area contributed by atoms with Gasteiger partial charge in [-0.2, -0.15) is 4.79 Å². The molecule has 0 saturated carbocycles. The second-order valence-corrected chi connectivity index (χ2v) is 3.42. The number of carbonyl (C=O) groups excluding carboxylic acids is 2. The van der Waals surface area contributed by atoms with E-state index in [2.05, 4.69) is 9.53 Å². The van der Waals surface area contributed by atoms with Crippen molar-refractivity contribution in [3.05, 3.63) is 36.1 Å². The van der Waals surface area contributed by atoms with E-state index in [0.717, 1.165) is 0 Å². The molecule has 7 heteroatoms. The molecular formula is C12H14N3O4+. The van der Waals surface area contributed by atoms with Crippen molar-refractivity contribution >= 4 is 17.7 Å². The van der Waals surface area contributed by atoms with Crippen molar-refractivity contribution < 1.29 is 28.4 Å². The SMILES string of the molecule is CCOC(=O)C(=[N+]=[N-])C(=O)OCC[n+]1ccccc1. The smallest absolute Gasteiger partial charge is 0.457 e. The van der Waals surface area contributed by atoms with Crippen LogP contribution in [0.5, 0.6) is 0 Å². The molecule has 0 bridgehead atoms. The molecule has 1 rings (SSSR count). The van der Waals surface area contributed by atoms with E-state index in [1.54, 1.807) is 23.9 Å². The number of rotatable bonds is 6. The number of aromatic nitrogens is 1. The van der Waals surface area contributed by atoms with E-state index in [0.29, 0.717) is 6.54 Å². The predicted octanol–water partition coefficient (Wildman–Crippen LogP) is -0.249. The van der Waals surface area contributed by atoms with E-state index in [1.165, 1.54) is 0 Å². The molecule has 0 aliphatic rings. The van der Waals surface area contributed by atoms with Crippen molar-refractivity contribution in [2.24, 2.45) is 0 Å². The predicted molar refractivity (Wildman–Crippen MR) is 62.9 cm³/mol. The van der Waals surface area contributed by atoms with E-state index >= 15 is 0 Å². The highest BCUT2D eigenvalue weighted by molar-refractivity contribution is 6.60. The fourth-order valence-corrected chi connectivity index (χ4v) is 1.26. The largest absolute Gasteiger partial charge is 0.482 e. The Labute approximate surface area is 110 Å². The minimum atomic E-state index is -1.02. The topological polar surface area (TPSA) is 92.9 Å². The van der Waals surface area contributed by atoms with Crippen molar-refractivity contribution in [3.63, 3.8) is 0 Å². The molecule has 0 spiro atoms. The highest BCUT2D eigenvalue weighted by Crippen LogP contribution is 1.87. The van der Waals surface area contributed by atoms with Crippen LogP contribution < -0.4 is 4.57 Å². The number of hydrogen-bond acceptors (Lipinski definition) is 4. The maximum atomic E-state index is 11.5. The molecule has 0 amide bonds. The van der Waals surface area contributed by atoms with Crippen molar-refractivity contribution in [3.8, 4) is 0 Å². The summed E-state index contributed by atoms with van der Waals surface area (Å²) < 4.78 is 11.2. The van der Waals surface area contributed by atoms with E-state index in [9.17, 15) is 9.59 Å². The minimum Gasteiger partial charge on any atom is -0.457 e. The average molecular weight is 264 g/mol. The van der Waals surface area contributed by atoms with E-state index in [4.69, 9.17) is 10.3 Å². The normalized spacial score (nSPS) is 9.32. The number of esters is 2. The van der Waals surface area contributed by atoms with Gasteiger partial charge in [0.05, 0.1) is 6.61 Å². The molecule has 0 atom stereocenters. The van der Waals surface area contributed by atoms with Gasteiger partial charge in [-0.3, -0.25) is 0 Å². The van der Waals surface area contributed by atoms with Crippen LogP contribution in [0.1, 0.15) is 6.92 Å². The Morgan fingerprint density at radius 1 is 1.16 bits per heavy atom. The van der Waals surface area contributed by atoms with Crippen LogP contribution in [0, 0.1) is 0 Å². The highest BCUT2D eigenvalue weighted by Gasteiger charge is 2.33. The van der Waals surface area contributed by atoms with Gasteiger partial charge in [0.25, 0.3) is 0 Å². The zero-order chi connectivity index (χ0) is 14.1. The summed E-state index contributed by atoms with van der Waals surface area (Å²) in [7, 11) is 0. The average Bonchev–Trinajstić information content (AvgIpc) is 2.41. The minimum absolute atomic E-state index is 0.0476. The van der Waals surface area contributed by atoms with Crippen LogP contribution in [-0.2, 0) is 25.6 Å². The lowest BCUT2D eigenvalue weighted by Crippen LogP contribution is -2.37. The first kappa shape index (κ1) is 14.5. The maximum Gasteiger partial charge on any atom is 0.482 e. The Hall–Kier alpha value is -2.53. The van der Waals surface area contributed by atoms with Gasteiger partial charge in [0, 0.05) is 12.1 Å². The van der Waals surface area contributed by atoms with Crippen molar-refractivity contribution in [1.29, 1.82) is 0 Å². The van der Waals surface area contributed by atoms with Crippen LogP contribution in [0.4, 0.5) is 0 Å². The monoisotopic (exact) mass is 264 g/mol. The van der Waals surface area contributed by atoms with Crippen LogP contribution in [0.15, 0.2) is 30.6 Å². The number of ether oxygens (including phenoxy) is 2. The lowest BCUT2D eigenvalue weighted by Gasteiger charge is -1.99. The third kappa shape index (κ3) is 4.69. The highest BCUT2D eigenvalue weighted by atomic mass is 16.6. The van der Waals surface area contributed by atoms with E-state index < -0.39 is 17.7 Å². The Morgan fingerprint density at radius 2 is 1.79 bits per heavy atom. The van der Waals surface area contributed by atoms with Crippen LogP contribution in [0.3, 0.4) is 0 Å². The molecule has 0 unspecified atom stereocenters. The first-order valence-electron chi connectivity index (χ1n) is 5.69. The van der Waals surface area contributed by atoms with Crippen LogP contribution >= 0.6 is 0 Å². The van der Waals surface area contributed by atoms with Gasteiger partial charge in [-0.1, -0.05) is 6.07 Å². The van der Waals surface area contributed by atoms with Gasteiger partial charge in [0.2, 0.25) is 0 Å². The Kier molecular flexibility index (Phi) is 5.91. The molecule has 1 aromatic heterocycles. The third-order valence-electron chi connectivity index (χ3n) is 2.12.